The highest BCUT2D eigenvalue weighted by Crippen LogP contribution is 2.16. The molecule has 2 nitrogen and oxygen atoms in total. The maximum atomic E-state index is 11.9. The summed E-state index contributed by atoms with van der Waals surface area (Å²) in [5.41, 5.74) is 2.16. The van der Waals surface area contributed by atoms with Crippen molar-refractivity contribution in [2.45, 2.75) is 6.54 Å². The van der Waals surface area contributed by atoms with E-state index in [1.165, 1.54) is 11.3 Å². The minimum Gasteiger partial charge on any atom is -0.295 e. The number of rotatable bonds is 3. The smallest absolute Gasteiger partial charge is 0.295 e. The molecule has 0 saturated carbocycles. The first-order valence-corrected chi connectivity index (χ1v) is 6.96. The van der Waals surface area contributed by atoms with Gasteiger partial charge in [-0.25, -0.2) is 0 Å². The minimum atomic E-state index is 0.0962. The number of nitrogens with zero attached hydrogens (tertiary/aromatic N) is 1. The van der Waals surface area contributed by atoms with E-state index in [1.54, 1.807) is 4.57 Å². The highest BCUT2D eigenvalue weighted by atomic mass is 32.1. The van der Waals surface area contributed by atoms with E-state index in [-0.39, 0.29) is 4.87 Å². The number of fused-ring (bicyclic) bond motifs is 1. The summed E-state index contributed by atoms with van der Waals surface area (Å²) in [6.07, 6.45) is 4.06. The highest BCUT2D eigenvalue weighted by Gasteiger charge is 2.04. The van der Waals surface area contributed by atoms with Gasteiger partial charge in [0.25, 0.3) is 0 Å². The molecule has 0 bridgehead atoms. The van der Waals surface area contributed by atoms with E-state index in [0.29, 0.717) is 6.54 Å². The molecule has 94 valence electrons. The summed E-state index contributed by atoms with van der Waals surface area (Å²) < 4.78 is 2.85. The minimum absolute atomic E-state index is 0.0962. The van der Waals surface area contributed by atoms with Crippen LogP contribution in [0.1, 0.15) is 5.56 Å². The van der Waals surface area contributed by atoms with Gasteiger partial charge < -0.3 is 0 Å². The summed E-state index contributed by atoms with van der Waals surface area (Å²) in [6, 6.07) is 18.0. The SMILES string of the molecule is O=c1sc2ccccc2n1C/C=C/c1ccccc1. The fourth-order valence-electron chi connectivity index (χ4n) is 2.05. The molecular weight excluding hydrogens is 254 g/mol. The lowest BCUT2D eigenvalue weighted by Gasteiger charge is -1.98. The quantitative estimate of drug-likeness (QED) is 0.708. The van der Waals surface area contributed by atoms with Gasteiger partial charge in [-0.3, -0.25) is 9.36 Å². The van der Waals surface area contributed by atoms with Crippen LogP contribution in [-0.2, 0) is 6.54 Å². The second-order valence-corrected chi connectivity index (χ2v) is 5.25. The van der Waals surface area contributed by atoms with Crippen molar-refractivity contribution in [2.75, 3.05) is 0 Å². The third kappa shape index (κ3) is 2.51. The number of allylic oxidation sites excluding steroid dienone is 1. The van der Waals surface area contributed by atoms with E-state index >= 15 is 0 Å². The molecule has 0 amide bonds. The average molecular weight is 267 g/mol. The predicted octanol–water partition coefficient (Wildman–Crippen LogP) is 3.78. The van der Waals surface area contributed by atoms with Gasteiger partial charge in [-0.2, -0.15) is 0 Å². The zero-order valence-electron chi connectivity index (χ0n) is 10.3. The zero-order chi connectivity index (χ0) is 13.1. The molecule has 2 aromatic carbocycles. The van der Waals surface area contributed by atoms with E-state index in [1.807, 2.05) is 66.7 Å². The van der Waals surface area contributed by atoms with Crippen LogP contribution in [0.15, 0.2) is 65.5 Å². The van der Waals surface area contributed by atoms with Gasteiger partial charge in [0.2, 0.25) is 0 Å². The molecule has 0 radical (unpaired) electrons. The van der Waals surface area contributed by atoms with Crippen LogP contribution in [-0.4, -0.2) is 4.57 Å². The Balaban J connectivity index is 1.88. The van der Waals surface area contributed by atoms with Crippen LogP contribution in [0.5, 0.6) is 0 Å². The van der Waals surface area contributed by atoms with Gasteiger partial charge in [0, 0.05) is 6.54 Å². The first-order chi connectivity index (χ1) is 9.34. The van der Waals surface area contributed by atoms with E-state index in [9.17, 15) is 4.79 Å². The van der Waals surface area contributed by atoms with Crippen molar-refractivity contribution in [1.29, 1.82) is 0 Å². The Labute approximate surface area is 115 Å². The number of hydrogen-bond acceptors (Lipinski definition) is 2. The number of hydrogen-bond donors (Lipinski definition) is 0. The van der Waals surface area contributed by atoms with Gasteiger partial charge in [-0.05, 0) is 17.7 Å². The number of aromatic nitrogens is 1. The molecule has 0 fully saturated rings. The van der Waals surface area contributed by atoms with Gasteiger partial charge >= 0.3 is 4.87 Å². The van der Waals surface area contributed by atoms with Gasteiger partial charge in [-0.1, -0.05) is 66.0 Å². The topological polar surface area (TPSA) is 22.0 Å². The number of para-hydroxylation sites is 1. The highest BCUT2D eigenvalue weighted by molar-refractivity contribution is 7.16. The third-order valence-corrected chi connectivity index (χ3v) is 3.93. The lowest BCUT2D eigenvalue weighted by Crippen LogP contribution is -2.11. The Morgan fingerprint density at radius 1 is 1.00 bits per heavy atom. The van der Waals surface area contributed by atoms with Crippen LogP contribution >= 0.6 is 11.3 Å². The maximum absolute atomic E-state index is 11.9. The van der Waals surface area contributed by atoms with E-state index in [0.717, 1.165) is 15.8 Å². The van der Waals surface area contributed by atoms with Crippen molar-refractivity contribution in [3.63, 3.8) is 0 Å². The third-order valence-electron chi connectivity index (χ3n) is 2.97. The van der Waals surface area contributed by atoms with Crippen molar-refractivity contribution in [1.82, 2.24) is 4.57 Å². The van der Waals surface area contributed by atoms with E-state index in [2.05, 4.69) is 0 Å². The standard InChI is InChI=1S/C16H13NOS/c18-16-17(14-10-4-5-11-15(14)19-16)12-6-9-13-7-2-1-3-8-13/h1-11H,12H2/b9-6+. The van der Waals surface area contributed by atoms with E-state index in [4.69, 9.17) is 0 Å². The molecule has 0 aliphatic rings. The van der Waals surface area contributed by atoms with Crippen molar-refractivity contribution in [3.8, 4) is 0 Å². The van der Waals surface area contributed by atoms with E-state index < -0.39 is 0 Å². The van der Waals surface area contributed by atoms with Gasteiger partial charge in [0.05, 0.1) is 10.2 Å². The monoisotopic (exact) mass is 267 g/mol. The first-order valence-electron chi connectivity index (χ1n) is 6.14. The van der Waals surface area contributed by atoms with Crippen LogP contribution in [0.25, 0.3) is 16.3 Å². The molecule has 0 spiro atoms. The predicted molar refractivity (Wildman–Crippen MR) is 81.6 cm³/mol. The average Bonchev–Trinajstić information content (AvgIpc) is 2.76. The fourth-order valence-corrected chi connectivity index (χ4v) is 2.95. The maximum Gasteiger partial charge on any atom is 0.308 e. The molecule has 19 heavy (non-hydrogen) atoms. The molecule has 3 rings (SSSR count). The van der Waals surface area contributed by atoms with Crippen LogP contribution in [0, 0.1) is 0 Å². The van der Waals surface area contributed by atoms with Crippen LogP contribution in [0.3, 0.4) is 0 Å². The Kier molecular flexibility index (Phi) is 3.29. The molecule has 0 N–H and O–H groups in total. The Bertz CT molecular complexity index is 768. The van der Waals surface area contributed by atoms with Crippen molar-refractivity contribution < 1.29 is 0 Å². The molecule has 1 aromatic heterocycles. The van der Waals surface area contributed by atoms with Crippen molar-refractivity contribution in [2.24, 2.45) is 0 Å². The molecular formula is C16H13NOS. The summed E-state index contributed by atoms with van der Waals surface area (Å²) in [5, 5.41) is 0. The molecule has 0 saturated heterocycles. The summed E-state index contributed by atoms with van der Waals surface area (Å²) >= 11 is 1.30. The molecule has 3 heteroatoms. The zero-order valence-corrected chi connectivity index (χ0v) is 11.1. The lowest BCUT2D eigenvalue weighted by atomic mass is 10.2. The second-order valence-electron chi connectivity index (χ2n) is 4.26. The molecule has 0 aliphatic heterocycles. The van der Waals surface area contributed by atoms with Crippen LogP contribution in [0.4, 0.5) is 0 Å². The van der Waals surface area contributed by atoms with Crippen LogP contribution < -0.4 is 4.87 Å². The van der Waals surface area contributed by atoms with Gasteiger partial charge in [-0.15, -0.1) is 0 Å². The van der Waals surface area contributed by atoms with Crippen molar-refractivity contribution >= 4 is 27.6 Å². The van der Waals surface area contributed by atoms with Crippen LogP contribution in [0.2, 0.25) is 0 Å². The number of thiazole rings is 1. The van der Waals surface area contributed by atoms with Gasteiger partial charge in [0.1, 0.15) is 0 Å². The Hall–Kier alpha value is -2.13. The second kappa shape index (κ2) is 5.24. The first kappa shape index (κ1) is 11.9. The molecule has 3 aromatic rings. The normalized spacial score (nSPS) is 11.4. The molecule has 0 atom stereocenters. The molecule has 0 unspecified atom stereocenters. The van der Waals surface area contributed by atoms with Crippen molar-refractivity contribution in [3.05, 3.63) is 75.9 Å². The summed E-state index contributed by atoms with van der Waals surface area (Å²) in [5.74, 6) is 0. The largest absolute Gasteiger partial charge is 0.308 e. The lowest BCUT2D eigenvalue weighted by molar-refractivity contribution is 0.843. The Morgan fingerprint density at radius 3 is 2.58 bits per heavy atom. The summed E-state index contributed by atoms with van der Waals surface area (Å²) in [4.78, 5) is 12.0. The Morgan fingerprint density at radius 2 is 1.74 bits per heavy atom. The van der Waals surface area contributed by atoms with Gasteiger partial charge in [0.15, 0.2) is 0 Å². The molecule has 0 aliphatic carbocycles. The summed E-state index contributed by atoms with van der Waals surface area (Å²) in [6.45, 7) is 0.609. The molecule has 1 heterocycles. The fraction of sp³-hybridized carbons (Fsp3) is 0.0625. The summed E-state index contributed by atoms with van der Waals surface area (Å²) in [7, 11) is 0. The number of benzene rings is 2.